The van der Waals surface area contributed by atoms with E-state index in [2.05, 4.69) is 16.5 Å². The summed E-state index contributed by atoms with van der Waals surface area (Å²) >= 11 is 0. The summed E-state index contributed by atoms with van der Waals surface area (Å²) in [5.41, 5.74) is -0.627. The van der Waals surface area contributed by atoms with Gasteiger partial charge in [-0.1, -0.05) is 6.08 Å². The molecule has 5 aromatic rings. The molecule has 8 N–H and O–H groups in total. The van der Waals surface area contributed by atoms with Crippen LogP contribution in [0.25, 0.3) is 10.9 Å². The van der Waals surface area contributed by atoms with E-state index in [1.54, 1.807) is 12.1 Å². The van der Waals surface area contributed by atoms with E-state index in [9.17, 15) is 60.0 Å². The summed E-state index contributed by atoms with van der Waals surface area (Å²) in [4.78, 5) is 58.8. The maximum Gasteiger partial charge on any atom is 0.511 e. The van der Waals surface area contributed by atoms with Gasteiger partial charge in [-0.05, 0) is 91.9 Å². The van der Waals surface area contributed by atoms with Gasteiger partial charge in [0.2, 0.25) is 5.75 Å². The van der Waals surface area contributed by atoms with Crippen LogP contribution in [-0.4, -0.2) is 93.9 Å². The second kappa shape index (κ2) is 15.7. The van der Waals surface area contributed by atoms with E-state index >= 15 is 0 Å². The molecule has 1 aromatic heterocycles. The quantitative estimate of drug-likeness (QED) is 0.0285. The number of pyridine rings is 1. The number of benzene rings is 4. The van der Waals surface area contributed by atoms with Crippen molar-refractivity contribution in [1.82, 2.24) is 9.88 Å². The first-order valence-corrected chi connectivity index (χ1v) is 17.8. The molecule has 3 aliphatic heterocycles. The summed E-state index contributed by atoms with van der Waals surface area (Å²) in [6.45, 7) is 5.26. The van der Waals surface area contributed by atoms with Crippen LogP contribution in [0.1, 0.15) is 55.6 Å². The Hall–Kier alpha value is -7.73. The molecular weight excluding hydrogens is 776 g/mol. The number of carbonyl (C=O) groups excluding carboxylic acids is 3. The van der Waals surface area contributed by atoms with Crippen LogP contribution in [0.2, 0.25) is 0 Å². The third kappa shape index (κ3) is 7.83. The molecule has 2 bridgehead atoms. The zero-order chi connectivity index (χ0) is 42.3. The van der Waals surface area contributed by atoms with Gasteiger partial charge in [-0.25, -0.2) is 19.2 Å². The van der Waals surface area contributed by atoms with Crippen molar-refractivity contribution < 1.29 is 79.0 Å². The van der Waals surface area contributed by atoms with Gasteiger partial charge < -0.3 is 59.8 Å². The van der Waals surface area contributed by atoms with Crippen LogP contribution in [-0.2, 0) is 4.74 Å². The Balaban J connectivity index is 1.29. The smallest absolute Gasteiger partial charge is 0.504 e. The summed E-state index contributed by atoms with van der Waals surface area (Å²) < 4.78 is 21.9. The minimum atomic E-state index is -1.55. The van der Waals surface area contributed by atoms with Gasteiger partial charge in [-0.15, -0.1) is 6.58 Å². The van der Waals surface area contributed by atoms with Crippen LogP contribution < -0.4 is 14.2 Å². The molecule has 1 unspecified atom stereocenters. The van der Waals surface area contributed by atoms with E-state index in [1.165, 1.54) is 18.3 Å². The molecule has 5 atom stereocenters. The molecule has 0 amide bonds. The molecule has 304 valence electrons. The Morgan fingerprint density at radius 1 is 0.746 bits per heavy atom. The Labute approximate surface area is 332 Å². The molecule has 3 saturated heterocycles. The van der Waals surface area contributed by atoms with Gasteiger partial charge in [0.25, 0.3) is 0 Å². The zero-order valence-corrected chi connectivity index (χ0v) is 30.5. The fourth-order valence-corrected chi connectivity index (χ4v) is 7.42. The highest BCUT2D eigenvalue weighted by atomic mass is 16.7. The van der Waals surface area contributed by atoms with E-state index in [1.807, 2.05) is 6.08 Å². The minimum absolute atomic E-state index is 0.0176. The number of rotatable bonds is 10. The number of fused-ring (bicyclic) bond motifs is 4. The van der Waals surface area contributed by atoms with Gasteiger partial charge in [0, 0.05) is 23.7 Å². The van der Waals surface area contributed by atoms with E-state index in [-0.39, 0.29) is 17.6 Å². The van der Waals surface area contributed by atoms with Gasteiger partial charge in [0.1, 0.15) is 11.9 Å². The largest absolute Gasteiger partial charge is 0.511 e. The number of aromatic nitrogens is 1. The molecule has 3 aliphatic rings. The van der Waals surface area contributed by atoms with E-state index in [0.717, 1.165) is 42.8 Å². The first-order valence-electron chi connectivity index (χ1n) is 17.8. The van der Waals surface area contributed by atoms with Gasteiger partial charge in [0.05, 0.1) is 28.2 Å². The van der Waals surface area contributed by atoms with Crippen molar-refractivity contribution in [3.8, 4) is 57.5 Å². The highest BCUT2D eigenvalue weighted by Crippen LogP contribution is 2.46. The highest BCUT2D eigenvalue weighted by molar-refractivity contribution is 5.97. The van der Waals surface area contributed by atoms with Crippen molar-refractivity contribution in [3.63, 3.8) is 0 Å². The molecule has 18 nitrogen and oxygen atoms in total. The molecule has 0 spiro atoms. The average Bonchev–Trinajstić information content (AvgIpc) is 3.21. The second-order valence-electron chi connectivity index (χ2n) is 13.8. The van der Waals surface area contributed by atoms with Crippen molar-refractivity contribution in [2.45, 2.75) is 25.0 Å². The number of phenols is 7. The molecule has 59 heavy (non-hydrogen) atoms. The minimum Gasteiger partial charge on any atom is -0.504 e. The van der Waals surface area contributed by atoms with Crippen LogP contribution in [0.15, 0.2) is 79.5 Å². The van der Waals surface area contributed by atoms with Crippen molar-refractivity contribution in [2.24, 2.45) is 11.8 Å². The van der Waals surface area contributed by atoms with Crippen LogP contribution in [0, 0.1) is 11.8 Å². The number of piperidine rings is 3. The topological polar surface area (TPSA) is 283 Å². The molecule has 4 aromatic carbocycles. The summed E-state index contributed by atoms with van der Waals surface area (Å²) in [7, 11) is 0. The maximum absolute atomic E-state index is 14.3. The summed E-state index contributed by atoms with van der Waals surface area (Å²) in [5, 5.41) is 80.3. The molecule has 0 saturated carbocycles. The summed E-state index contributed by atoms with van der Waals surface area (Å²) in [6.07, 6.45) is 2.22. The standard InChI is InChI=1S/C41H34N2O16/c1-2-18-17-43-8-6-19(18)9-27(43)36(24-5-7-42-26-4-3-23(16-25(24)26)56-41(54)55)58-40(53)22-14-32(48)37(59-39(52)21-12-30(46)35(50)31(47)13-21)33(15-22)57-38(51)20-10-28(44)34(49)29(45)11-20/h2-5,7,10-16,18-19,27,36,44-50H,1,6,8-9,17H2,(H,54,55)/t18-,19-,27-,36+/m0/s1. The lowest BCUT2D eigenvalue weighted by atomic mass is 9.73. The number of esters is 3. The third-order valence-corrected chi connectivity index (χ3v) is 10.3. The number of aromatic hydroxyl groups is 7. The van der Waals surface area contributed by atoms with Crippen LogP contribution in [0.4, 0.5) is 4.79 Å². The van der Waals surface area contributed by atoms with Gasteiger partial charge in [0.15, 0.2) is 46.0 Å². The lowest BCUT2D eigenvalue weighted by Crippen LogP contribution is -2.55. The zero-order valence-electron chi connectivity index (χ0n) is 30.5. The van der Waals surface area contributed by atoms with Crippen LogP contribution in [0.3, 0.4) is 0 Å². The van der Waals surface area contributed by atoms with Crippen LogP contribution >= 0.6 is 0 Å². The number of carboxylic acid groups (broad SMARTS) is 1. The van der Waals surface area contributed by atoms with Crippen molar-refractivity contribution in [2.75, 3.05) is 13.1 Å². The molecule has 0 radical (unpaired) electrons. The monoisotopic (exact) mass is 810 g/mol. The molecule has 4 heterocycles. The first kappa shape index (κ1) is 39.5. The average molecular weight is 811 g/mol. The Morgan fingerprint density at radius 2 is 1.34 bits per heavy atom. The number of hydrogen-bond donors (Lipinski definition) is 8. The number of ether oxygens (including phenoxy) is 4. The van der Waals surface area contributed by atoms with Gasteiger partial charge in [-0.2, -0.15) is 0 Å². The lowest BCUT2D eigenvalue weighted by Gasteiger charge is -2.51. The Kier molecular flexibility index (Phi) is 10.5. The maximum atomic E-state index is 14.3. The number of carbonyl (C=O) groups is 4. The fraction of sp³-hybridized carbons (Fsp3) is 0.195. The predicted octanol–water partition coefficient (Wildman–Crippen LogP) is 5.46. The lowest BCUT2D eigenvalue weighted by molar-refractivity contribution is -0.0568. The van der Waals surface area contributed by atoms with Gasteiger partial charge >= 0.3 is 24.1 Å². The van der Waals surface area contributed by atoms with E-state index < -0.39 is 105 Å². The number of phenolic OH excluding ortho intramolecular Hbond substituents is 7. The number of hydrogen-bond acceptors (Lipinski definition) is 17. The number of nitrogens with zero attached hydrogens (tertiary/aromatic N) is 2. The SMILES string of the molecule is C=C[C@H]1CN2CC[C@H]1C[C@H]2[C@H](OC(=O)c1cc(O)c(OC(=O)c2cc(O)c(O)c(O)c2)c(OC(=O)c2cc(O)c(O)c(O)c2)c1)c1ccnc2ccc(OC(=O)O)cc12. The Bertz CT molecular complexity index is 2510. The van der Waals surface area contributed by atoms with Crippen LogP contribution in [0.5, 0.6) is 57.5 Å². The van der Waals surface area contributed by atoms with Gasteiger partial charge in [-0.3, -0.25) is 9.88 Å². The molecular formula is C41H34N2O16. The molecule has 8 rings (SSSR count). The fourth-order valence-electron chi connectivity index (χ4n) is 7.42. The molecule has 18 heteroatoms. The summed E-state index contributed by atoms with van der Waals surface area (Å²) in [5.74, 6) is -11.5. The second-order valence-corrected chi connectivity index (χ2v) is 13.8. The summed E-state index contributed by atoms with van der Waals surface area (Å²) in [6, 6.07) is 10.3. The van der Waals surface area contributed by atoms with E-state index in [4.69, 9.17) is 18.9 Å². The van der Waals surface area contributed by atoms with E-state index in [0.29, 0.717) is 36.0 Å². The van der Waals surface area contributed by atoms with Crippen molar-refractivity contribution in [1.29, 1.82) is 0 Å². The highest BCUT2D eigenvalue weighted by Gasteiger charge is 2.44. The van der Waals surface area contributed by atoms with Crippen molar-refractivity contribution >= 4 is 35.0 Å². The first-order chi connectivity index (χ1) is 28.1. The normalized spacial score (nSPS) is 18.7. The molecule has 0 aliphatic carbocycles. The predicted molar refractivity (Wildman–Crippen MR) is 201 cm³/mol. The molecule has 3 fully saturated rings. The Morgan fingerprint density at radius 3 is 1.92 bits per heavy atom. The third-order valence-electron chi connectivity index (χ3n) is 10.3. The van der Waals surface area contributed by atoms with Crippen molar-refractivity contribution in [3.05, 3.63) is 102 Å².